The summed E-state index contributed by atoms with van der Waals surface area (Å²) in [6.07, 6.45) is 1.94. The number of hydrogen-bond acceptors (Lipinski definition) is 1. The molecule has 0 saturated heterocycles. The SMILES string of the molecule is NCC(Cc1ccc(Cl)cc1)Cc1ccc(Cl)cc1. The summed E-state index contributed by atoms with van der Waals surface area (Å²) < 4.78 is 0. The van der Waals surface area contributed by atoms with Crippen molar-refractivity contribution in [2.45, 2.75) is 12.8 Å². The predicted octanol–water partition coefficient (Wildman–Crippen LogP) is 4.35. The number of nitrogens with two attached hydrogens (primary N) is 1. The fourth-order valence-corrected chi connectivity index (χ4v) is 2.40. The molecule has 0 bridgehead atoms. The van der Waals surface area contributed by atoms with E-state index in [0.29, 0.717) is 12.5 Å². The average molecular weight is 294 g/mol. The first-order valence-electron chi connectivity index (χ1n) is 6.36. The summed E-state index contributed by atoms with van der Waals surface area (Å²) in [6.45, 7) is 0.672. The van der Waals surface area contributed by atoms with Crippen LogP contribution >= 0.6 is 23.2 Å². The third-order valence-electron chi connectivity index (χ3n) is 3.21. The molecule has 0 aliphatic rings. The molecule has 0 fully saturated rings. The lowest BCUT2D eigenvalue weighted by atomic mass is 9.93. The standard InChI is InChI=1S/C16H17Cl2N/c17-15-5-1-12(2-6-15)9-14(11-19)10-13-3-7-16(18)8-4-13/h1-8,14H,9-11,19H2. The summed E-state index contributed by atoms with van der Waals surface area (Å²) in [5.41, 5.74) is 8.42. The molecule has 0 saturated carbocycles. The van der Waals surface area contributed by atoms with Gasteiger partial charge in [-0.1, -0.05) is 47.5 Å². The second kappa shape index (κ2) is 6.95. The molecule has 2 N–H and O–H groups in total. The van der Waals surface area contributed by atoms with E-state index in [-0.39, 0.29) is 0 Å². The lowest BCUT2D eigenvalue weighted by Crippen LogP contribution is -2.19. The molecule has 0 radical (unpaired) electrons. The van der Waals surface area contributed by atoms with Gasteiger partial charge in [0, 0.05) is 10.0 Å². The second-order valence-corrected chi connectivity index (χ2v) is 5.64. The van der Waals surface area contributed by atoms with Crippen LogP contribution < -0.4 is 5.73 Å². The highest BCUT2D eigenvalue weighted by molar-refractivity contribution is 6.30. The van der Waals surface area contributed by atoms with Crippen molar-refractivity contribution < 1.29 is 0 Å². The monoisotopic (exact) mass is 293 g/mol. The van der Waals surface area contributed by atoms with E-state index in [1.54, 1.807) is 0 Å². The Kier molecular flexibility index (Phi) is 5.26. The summed E-state index contributed by atoms with van der Waals surface area (Å²) in [5, 5.41) is 1.54. The molecule has 19 heavy (non-hydrogen) atoms. The van der Waals surface area contributed by atoms with Gasteiger partial charge in [0.2, 0.25) is 0 Å². The van der Waals surface area contributed by atoms with Gasteiger partial charge < -0.3 is 5.73 Å². The van der Waals surface area contributed by atoms with Crippen molar-refractivity contribution in [1.29, 1.82) is 0 Å². The van der Waals surface area contributed by atoms with Gasteiger partial charge in [0.05, 0.1) is 0 Å². The van der Waals surface area contributed by atoms with Crippen LogP contribution in [0.1, 0.15) is 11.1 Å². The third-order valence-corrected chi connectivity index (χ3v) is 3.71. The minimum absolute atomic E-state index is 0.433. The zero-order valence-electron chi connectivity index (χ0n) is 10.7. The van der Waals surface area contributed by atoms with Crippen LogP contribution in [-0.4, -0.2) is 6.54 Å². The topological polar surface area (TPSA) is 26.0 Å². The smallest absolute Gasteiger partial charge is 0.0406 e. The molecule has 0 heterocycles. The molecule has 0 amide bonds. The Morgan fingerprint density at radius 3 is 1.42 bits per heavy atom. The molecule has 0 aromatic heterocycles. The van der Waals surface area contributed by atoms with E-state index in [9.17, 15) is 0 Å². The Hall–Kier alpha value is -1.02. The van der Waals surface area contributed by atoms with Crippen molar-refractivity contribution in [3.05, 3.63) is 69.7 Å². The van der Waals surface area contributed by atoms with Gasteiger partial charge in [0.25, 0.3) is 0 Å². The van der Waals surface area contributed by atoms with Crippen LogP contribution in [0.25, 0.3) is 0 Å². The van der Waals surface area contributed by atoms with E-state index in [2.05, 4.69) is 24.3 Å². The van der Waals surface area contributed by atoms with E-state index >= 15 is 0 Å². The molecular formula is C16H17Cl2N. The minimum atomic E-state index is 0.433. The Labute approximate surface area is 124 Å². The average Bonchev–Trinajstić information content (AvgIpc) is 2.43. The zero-order chi connectivity index (χ0) is 13.7. The van der Waals surface area contributed by atoms with Gasteiger partial charge in [0.15, 0.2) is 0 Å². The van der Waals surface area contributed by atoms with Gasteiger partial charge in [-0.05, 0) is 60.7 Å². The molecule has 0 atom stereocenters. The van der Waals surface area contributed by atoms with E-state index in [4.69, 9.17) is 28.9 Å². The highest BCUT2D eigenvalue weighted by Gasteiger charge is 2.09. The first kappa shape index (κ1) is 14.4. The first-order valence-corrected chi connectivity index (χ1v) is 7.12. The van der Waals surface area contributed by atoms with Gasteiger partial charge in [0.1, 0.15) is 0 Å². The van der Waals surface area contributed by atoms with E-state index in [1.165, 1.54) is 11.1 Å². The van der Waals surface area contributed by atoms with Crippen LogP contribution in [0.15, 0.2) is 48.5 Å². The molecule has 100 valence electrons. The molecule has 3 heteroatoms. The Morgan fingerprint density at radius 1 is 0.737 bits per heavy atom. The molecule has 0 spiro atoms. The van der Waals surface area contributed by atoms with Crippen LogP contribution in [0.4, 0.5) is 0 Å². The van der Waals surface area contributed by atoms with E-state index in [1.807, 2.05) is 24.3 Å². The number of benzene rings is 2. The first-order chi connectivity index (χ1) is 9.17. The number of rotatable bonds is 5. The van der Waals surface area contributed by atoms with Gasteiger partial charge in [-0.25, -0.2) is 0 Å². The van der Waals surface area contributed by atoms with Crippen LogP contribution in [0.5, 0.6) is 0 Å². The van der Waals surface area contributed by atoms with Crippen molar-refractivity contribution in [2.75, 3.05) is 6.54 Å². The Bertz CT molecular complexity index is 458. The maximum Gasteiger partial charge on any atom is 0.0406 e. The maximum atomic E-state index is 5.89. The van der Waals surface area contributed by atoms with E-state index < -0.39 is 0 Å². The Balaban J connectivity index is 2.00. The van der Waals surface area contributed by atoms with Crippen LogP contribution in [0.3, 0.4) is 0 Å². The molecule has 2 aromatic rings. The highest BCUT2D eigenvalue weighted by Crippen LogP contribution is 2.17. The van der Waals surface area contributed by atoms with Gasteiger partial charge >= 0.3 is 0 Å². The third kappa shape index (κ3) is 4.54. The maximum absolute atomic E-state index is 5.89. The number of halogens is 2. The van der Waals surface area contributed by atoms with Gasteiger partial charge in [-0.2, -0.15) is 0 Å². The molecule has 2 rings (SSSR count). The predicted molar refractivity (Wildman–Crippen MR) is 82.9 cm³/mol. The Morgan fingerprint density at radius 2 is 1.11 bits per heavy atom. The van der Waals surface area contributed by atoms with Crippen molar-refractivity contribution in [3.8, 4) is 0 Å². The van der Waals surface area contributed by atoms with Crippen LogP contribution in [-0.2, 0) is 12.8 Å². The minimum Gasteiger partial charge on any atom is -0.330 e. The largest absolute Gasteiger partial charge is 0.330 e. The normalized spacial score (nSPS) is 10.9. The molecule has 0 unspecified atom stereocenters. The van der Waals surface area contributed by atoms with Crippen LogP contribution in [0, 0.1) is 5.92 Å². The van der Waals surface area contributed by atoms with Crippen molar-refractivity contribution in [2.24, 2.45) is 11.7 Å². The lowest BCUT2D eigenvalue weighted by molar-refractivity contribution is 0.533. The van der Waals surface area contributed by atoms with E-state index in [0.717, 1.165) is 22.9 Å². The summed E-state index contributed by atoms with van der Waals surface area (Å²) in [6, 6.07) is 15.9. The molecular weight excluding hydrogens is 277 g/mol. The molecule has 2 aromatic carbocycles. The lowest BCUT2D eigenvalue weighted by Gasteiger charge is -2.15. The molecule has 0 aliphatic heterocycles. The highest BCUT2D eigenvalue weighted by atomic mass is 35.5. The summed E-state index contributed by atoms with van der Waals surface area (Å²) in [5.74, 6) is 0.433. The summed E-state index contributed by atoms with van der Waals surface area (Å²) >= 11 is 11.8. The van der Waals surface area contributed by atoms with Crippen molar-refractivity contribution >= 4 is 23.2 Å². The van der Waals surface area contributed by atoms with Crippen molar-refractivity contribution in [1.82, 2.24) is 0 Å². The zero-order valence-corrected chi connectivity index (χ0v) is 12.2. The molecule has 1 nitrogen and oxygen atoms in total. The summed E-state index contributed by atoms with van der Waals surface area (Å²) in [4.78, 5) is 0. The second-order valence-electron chi connectivity index (χ2n) is 4.76. The quantitative estimate of drug-likeness (QED) is 0.871. The fourth-order valence-electron chi connectivity index (χ4n) is 2.15. The van der Waals surface area contributed by atoms with Gasteiger partial charge in [-0.15, -0.1) is 0 Å². The van der Waals surface area contributed by atoms with Crippen LogP contribution in [0.2, 0.25) is 10.0 Å². The number of hydrogen-bond donors (Lipinski definition) is 1. The molecule has 0 aliphatic carbocycles. The van der Waals surface area contributed by atoms with Gasteiger partial charge in [-0.3, -0.25) is 0 Å². The van der Waals surface area contributed by atoms with Crippen molar-refractivity contribution in [3.63, 3.8) is 0 Å². The summed E-state index contributed by atoms with van der Waals surface area (Å²) in [7, 11) is 0. The fraction of sp³-hybridized carbons (Fsp3) is 0.250.